The summed E-state index contributed by atoms with van der Waals surface area (Å²) in [5.41, 5.74) is 0.390. The standard InChI is InChI=1S/C14H17N3O4/c1-15(9-14(19)16-6-2-3-7-16)12-4-5-13(17(20)21)11(8-12)10-18/h4-5,8,10H,2-3,6-7,9H2,1H3. The zero-order valence-electron chi connectivity index (χ0n) is 11.8. The first-order chi connectivity index (χ1) is 10.0. The average molecular weight is 291 g/mol. The van der Waals surface area contributed by atoms with Crippen molar-refractivity contribution in [3.8, 4) is 0 Å². The number of carbonyl (C=O) groups is 2. The van der Waals surface area contributed by atoms with E-state index in [0.29, 0.717) is 12.0 Å². The molecule has 7 nitrogen and oxygen atoms in total. The molecule has 21 heavy (non-hydrogen) atoms. The number of rotatable bonds is 5. The van der Waals surface area contributed by atoms with E-state index in [4.69, 9.17) is 0 Å². The van der Waals surface area contributed by atoms with Crippen LogP contribution in [-0.4, -0.2) is 48.7 Å². The van der Waals surface area contributed by atoms with Crippen LogP contribution in [0.15, 0.2) is 18.2 Å². The molecule has 0 unspecified atom stereocenters. The molecular formula is C14H17N3O4. The minimum absolute atomic E-state index is 0.0120. The van der Waals surface area contributed by atoms with Crippen molar-refractivity contribution >= 4 is 23.6 Å². The molecule has 0 spiro atoms. The second-order valence-corrected chi connectivity index (χ2v) is 5.06. The summed E-state index contributed by atoms with van der Waals surface area (Å²) in [7, 11) is 1.73. The zero-order chi connectivity index (χ0) is 15.4. The summed E-state index contributed by atoms with van der Waals surface area (Å²) in [5, 5.41) is 10.8. The number of hydrogen-bond donors (Lipinski definition) is 0. The lowest BCUT2D eigenvalue weighted by Crippen LogP contribution is -2.37. The van der Waals surface area contributed by atoms with Gasteiger partial charge in [0.2, 0.25) is 5.91 Å². The van der Waals surface area contributed by atoms with E-state index in [1.54, 1.807) is 18.0 Å². The second kappa shape index (κ2) is 6.34. The highest BCUT2D eigenvalue weighted by Gasteiger charge is 2.20. The third kappa shape index (κ3) is 3.36. The van der Waals surface area contributed by atoms with Crippen molar-refractivity contribution in [2.45, 2.75) is 12.8 Å². The number of aldehydes is 1. The van der Waals surface area contributed by atoms with E-state index < -0.39 is 4.92 Å². The summed E-state index contributed by atoms with van der Waals surface area (Å²) in [6.45, 7) is 1.76. The summed E-state index contributed by atoms with van der Waals surface area (Å²) >= 11 is 0. The molecule has 1 aromatic rings. The highest BCUT2D eigenvalue weighted by molar-refractivity contribution is 5.85. The maximum atomic E-state index is 12.1. The molecule has 2 rings (SSSR count). The maximum absolute atomic E-state index is 12.1. The number of hydrogen-bond acceptors (Lipinski definition) is 5. The predicted octanol–water partition coefficient (Wildman–Crippen LogP) is 1.47. The van der Waals surface area contributed by atoms with Gasteiger partial charge in [-0.1, -0.05) is 0 Å². The van der Waals surface area contributed by atoms with E-state index >= 15 is 0 Å². The molecule has 0 aromatic heterocycles. The number of nitrogens with zero attached hydrogens (tertiary/aromatic N) is 3. The van der Waals surface area contributed by atoms with Gasteiger partial charge in [0, 0.05) is 31.9 Å². The highest BCUT2D eigenvalue weighted by atomic mass is 16.6. The average Bonchev–Trinajstić information content (AvgIpc) is 3.00. The number of likely N-dealkylation sites (tertiary alicyclic amines) is 1. The van der Waals surface area contributed by atoms with Crippen molar-refractivity contribution in [1.29, 1.82) is 0 Å². The Labute approximate surface area is 122 Å². The van der Waals surface area contributed by atoms with E-state index in [-0.39, 0.29) is 23.7 Å². The van der Waals surface area contributed by atoms with Crippen LogP contribution < -0.4 is 4.90 Å². The first-order valence-corrected chi connectivity index (χ1v) is 6.75. The molecule has 1 aliphatic heterocycles. The second-order valence-electron chi connectivity index (χ2n) is 5.06. The molecule has 0 bridgehead atoms. The Balaban J connectivity index is 2.11. The molecule has 1 aromatic carbocycles. The lowest BCUT2D eigenvalue weighted by Gasteiger charge is -2.23. The molecule has 1 saturated heterocycles. The van der Waals surface area contributed by atoms with Crippen LogP contribution >= 0.6 is 0 Å². The van der Waals surface area contributed by atoms with Crippen molar-refractivity contribution in [2.24, 2.45) is 0 Å². The first kappa shape index (κ1) is 15.0. The lowest BCUT2D eigenvalue weighted by molar-refractivity contribution is -0.385. The minimum atomic E-state index is -0.594. The lowest BCUT2D eigenvalue weighted by atomic mass is 10.1. The molecule has 1 amide bonds. The van der Waals surface area contributed by atoms with Crippen molar-refractivity contribution in [3.05, 3.63) is 33.9 Å². The van der Waals surface area contributed by atoms with Crippen LogP contribution in [0.2, 0.25) is 0 Å². The fourth-order valence-electron chi connectivity index (χ4n) is 2.40. The van der Waals surface area contributed by atoms with Crippen LogP contribution in [0.25, 0.3) is 0 Å². The Bertz CT molecular complexity index is 567. The predicted molar refractivity (Wildman–Crippen MR) is 77.6 cm³/mol. The maximum Gasteiger partial charge on any atom is 0.280 e. The zero-order valence-corrected chi connectivity index (χ0v) is 11.8. The molecule has 0 aliphatic carbocycles. The molecule has 1 heterocycles. The Morgan fingerprint density at radius 3 is 2.67 bits per heavy atom. The van der Waals surface area contributed by atoms with Gasteiger partial charge in [0.1, 0.15) is 0 Å². The summed E-state index contributed by atoms with van der Waals surface area (Å²) in [4.78, 5) is 36.7. The van der Waals surface area contributed by atoms with Crippen molar-refractivity contribution in [1.82, 2.24) is 4.90 Å². The number of amides is 1. The van der Waals surface area contributed by atoms with E-state index in [9.17, 15) is 19.7 Å². The van der Waals surface area contributed by atoms with Gasteiger partial charge in [0.05, 0.1) is 17.0 Å². The van der Waals surface area contributed by atoms with Gasteiger partial charge in [-0.25, -0.2) is 0 Å². The summed E-state index contributed by atoms with van der Waals surface area (Å²) in [6, 6.07) is 4.26. The molecule has 1 aliphatic rings. The number of nitro benzene ring substituents is 1. The Morgan fingerprint density at radius 2 is 2.10 bits per heavy atom. The number of anilines is 1. The highest BCUT2D eigenvalue weighted by Crippen LogP contribution is 2.23. The van der Waals surface area contributed by atoms with Crippen LogP contribution in [-0.2, 0) is 4.79 Å². The Morgan fingerprint density at radius 1 is 1.43 bits per heavy atom. The van der Waals surface area contributed by atoms with Crippen molar-refractivity contribution < 1.29 is 14.5 Å². The number of benzene rings is 1. The van der Waals surface area contributed by atoms with Gasteiger partial charge in [-0.3, -0.25) is 19.7 Å². The number of carbonyl (C=O) groups excluding carboxylic acids is 2. The quantitative estimate of drug-likeness (QED) is 0.466. The summed E-state index contributed by atoms with van der Waals surface area (Å²) < 4.78 is 0. The van der Waals surface area contributed by atoms with E-state index in [2.05, 4.69) is 0 Å². The molecule has 7 heteroatoms. The van der Waals surface area contributed by atoms with Crippen LogP contribution in [0.1, 0.15) is 23.2 Å². The van der Waals surface area contributed by atoms with Crippen LogP contribution in [0.5, 0.6) is 0 Å². The molecule has 0 radical (unpaired) electrons. The Kier molecular flexibility index (Phi) is 4.52. The SMILES string of the molecule is CN(CC(=O)N1CCCC1)c1ccc([N+](=O)[O-])c(C=O)c1. The third-order valence-corrected chi connectivity index (χ3v) is 3.61. The fourth-order valence-corrected chi connectivity index (χ4v) is 2.40. The summed E-state index contributed by atoms with van der Waals surface area (Å²) in [5.74, 6) is 0.0287. The number of likely N-dealkylation sites (N-methyl/N-ethyl adjacent to an activating group) is 1. The van der Waals surface area contributed by atoms with Gasteiger partial charge in [-0.15, -0.1) is 0 Å². The Hall–Kier alpha value is -2.44. The monoisotopic (exact) mass is 291 g/mol. The van der Waals surface area contributed by atoms with E-state index in [0.717, 1.165) is 25.9 Å². The van der Waals surface area contributed by atoms with Gasteiger partial charge >= 0.3 is 0 Å². The number of nitro groups is 1. The molecule has 0 atom stereocenters. The van der Waals surface area contributed by atoms with Crippen LogP contribution in [0.3, 0.4) is 0 Å². The van der Waals surface area contributed by atoms with Gasteiger partial charge in [-0.05, 0) is 25.0 Å². The van der Waals surface area contributed by atoms with Gasteiger partial charge < -0.3 is 9.80 Å². The van der Waals surface area contributed by atoms with Crippen LogP contribution in [0, 0.1) is 10.1 Å². The molecule has 0 saturated carbocycles. The smallest absolute Gasteiger partial charge is 0.280 e. The largest absolute Gasteiger partial charge is 0.365 e. The van der Waals surface area contributed by atoms with Gasteiger partial charge in [0.25, 0.3) is 5.69 Å². The molecule has 112 valence electrons. The fraction of sp³-hybridized carbons (Fsp3) is 0.429. The first-order valence-electron chi connectivity index (χ1n) is 6.75. The van der Waals surface area contributed by atoms with Crippen molar-refractivity contribution in [2.75, 3.05) is 31.6 Å². The normalized spacial score (nSPS) is 14.0. The molecule has 0 N–H and O–H groups in total. The summed E-state index contributed by atoms with van der Waals surface area (Å²) in [6.07, 6.45) is 2.52. The molecular weight excluding hydrogens is 274 g/mol. The van der Waals surface area contributed by atoms with Gasteiger partial charge in [0.15, 0.2) is 6.29 Å². The third-order valence-electron chi connectivity index (χ3n) is 3.61. The van der Waals surface area contributed by atoms with Crippen molar-refractivity contribution in [3.63, 3.8) is 0 Å². The van der Waals surface area contributed by atoms with Gasteiger partial charge in [-0.2, -0.15) is 0 Å². The molecule has 1 fully saturated rings. The van der Waals surface area contributed by atoms with Crippen LogP contribution in [0.4, 0.5) is 11.4 Å². The van der Waals surface area contributed by atoms with E-state index in [1.807, 2.05) is 4.90 Å². The topological polar surface area (TPSA) is 83.8 Å². The minimum Gasteiger partial charge on any atom is -0.365 e. The van der Waals surface area contributed by atoms with E-state index in [1.165, 1.54) is 12.1 Å².